The monoisotopic (exact) mass is 613 g/mol. The molecule has 0 radical (unpaired) electrons. The average Bonchev–Trinajstić information content (AvgIpc) is 3.69. The van der Waals surface area contributed by atoms with E-state index in [0.29, 0.717) is 17.5 Å². The first-order valence-corrected chi connectivity index (χ1v) is 15.6. The molecule has 4 aliphatic rings. The van der Waals surface area contributed by atoms with Crippen molar-refractivity contribution in [3.63, 3.8) is 0 Å². The molecule has 0 aromatic heterocycles. The highest BCUT2D eigenvalue weighted by Crippen LogP contribution is 2.57. The third-order valence-corrected chi connectivity index (χ3v) is 9.34. The van der Waals surface area contributed by atoms with Gasteiger partial charge in [-0.15, -0.1) is 0 Å². The molecule has 4 heterocycles. The first kappa shape index (κ1) is 30.7. The Hall–Kier alpha value is -4.28. The topological polar surface area (TPSA) is 125 Å². The van der Waals surface area contributed by atoms with E-state index < -0.39 is 60.2 Å². The minimum absolute atomic E-state index is 0.0606. The zero-order chi connectivity index (χ0) is 31.7. The Balaban J connectivity index is 1.45. The minimum Gasteiger partial charge on any atom is -0.455 e. The third-order valence-electron chi connectivity index (χ3n) is 9.34. The van der Waals surface area contributed by atoms with Gasteiger partial charge in [-0.05, 0) is 31.4 Å². The largest absolute Gasteiger partial charge is 0.455 e. The number of cyclic esters (lactones) is 1. The van der Waals surface area contributed by atoms with E-state index in [9.17, 15) is 24.3 Å². The van der Waals surface area contributed by atoms with E-state index in [-0.39, 0.29) is 37.4 Å². The summed E-state index contributed by atoms with van der Waals surface area (Å²) >= 11 is 0. The van der Waals surface area contributed by atoms with Crippen LogP contribution in [0.3, 0.4) is 0 Å². The molecule has 2 aromatic rings. The highest BCUT2D eigenvalue weighted by molar-refractivity contribution is 5.99. The van der Waals surface area contributed by atoms with Crippen molar-refractivity contribution >= 4 is 23.7 Å². The van der Waals surface area contributed by atoms with Crippen LogP contribution in [0.5, 0.6) is 0 Å². The van der Waals surface area contributed by atoms with E-state index in [2.05, 4.69) is 5.32 Å². The van der Waals surface area contributed by atoms with Gasteiger partial charge < -0.3 is 29.7 Å². The SMILES string of the molecule is CC(C)N1C/C=C\CCC(=O)NC[C@@H](c2ccccc2)OC(=O)[C@@H]2[C@@H]3C=C[C@]4(O3)[C@H](C1=O)N([C@H](CO)c1ccccc1)C(=O)[C@@H]24. The standard InChI is InChI=1S/C35H39N3O7/c1-22(2)37-19-11-5-10-16-28(40)36-20-27(24-14-8-4-9-15-24)44-34(43)29-26-17-18-35(45-26)30(29)32(41)38(31(35)33(37)42)25(21-39)23-12-6-3-7-13-23/h3-9,11-15,17-18,22,25-27,29-31,39H,10,16,19-21H2,1-2H3,(H,36,40)/b11-5-/t25-,26+,27+,29-,30-,31+,35-/m1/s1. The van der Waals surface area contributed by atoms with E-state index >= 15 is 0 Å². The van der Waals surface area contributed by atoms with Crippen LogP contribution in [0, 0.1) is 11.8 Å². The number of ether oxygens (including phenoxy) is 2. The molecule has 236 valence electrons. The van der Waals surface area contributed by atoms with Gasteiger partial charge in [0.2, 0.25) is 17.7 Å². The van der Waals surface area contributed by atoms with Gasteiger partial charge in [-0.3, -0.25) is 19.2 Å². The van der Waals surface area contributed by atoms with Crippen molar-refractivity contribution in [2.75, 3.05) is 19.7 Å². The maximum absolute atomic E-state index is 14.7. The van der Waals surface area contributed by atoms with Gasteiger partial charge in [0.25, 0.3) is 0 Å². The molecule has 5 bridgehead atoms. The Morgan fingerprint density at radius 2 is 1.69 bits per heavy atom. The van der Waals surface area contributed by atoms with E-state index in [4.69, 9.17) is 9.47 Å². The van der Waals surface area contributed by atoms with Crippen LogP contribution in [0.4, 0.5) is 0 Å². The van der Waals surface area contributed by atoms with E-state index in [1.54, 1.807) is 17.1 Å². The Kier molecular flexibility index (Phi) is 8.61. The van der Waals surface area contributed by atoms with Gasteiger partial charge in [0.05, 0.1) is 31.2 Å². The van der Waals surface area contributed by atoms with Crippen molar-refractivity contribution in [1.82, 2.24) is 15.1 Å². The minimum atomic E-state index is -1.42. The fourth-order valence-electron chi connectivity index (χ4n) is 7.16. The lowest BCUT2D eigenvalue weighted by atomic mass is 9.74. The van der Waals surface area contributed by atoms with Crippen molar-refractivity contribution in [2.24, 2.45) is 11.8 Å². The second kappa shape index (κ2) is 12.6. The van der Waals surface area contributed by atoms with Crippen LogP contribution < -0.4 is 5.32 Å². The molecule has 2 saturated heterocycles. The predicted octanol–water partition coefficient (Wildman–Crippen LogP) is 2.86. The third kappa shape index (κ3) is 5.46. The van der Waals surface area contributed by atoms with Crippen molar-refractivity contribution in [3.8, 4) is 0 Å². The lowest BCUT2D eigenvalue weighted by Gasteiger charge is -2.40. The average molecular weight is 614 g/mol. The summed E-state index contributed by atoms with van der Waals surface area (Å²) in [6.45, 7) is 3.67. The molecule has 4 aliphatic heterocycles. The molecule has 2 aromatic carbocycles. The smallest absolute Gasteiger partial charge is 0.313 e. The summed E-state index contributed by atoms with van der Waals surface area (Å²) in [6.07, 6.45) is 6.32. The number of rotatable bonds is 5. The molecule has 0 saturated carbocycles. The van der Waals surface area contributed by atoms with Gasteiger partial charge in [0, 0.05) is 19.0 Å². The fourth-order valence-corrected chi connectivity index (χ4v) is 7.16. The van der Waals surface area contributed by atoms with Crippen LogP contribution in [0.15, 0.2) is 85.0 Å². The number of likely N-dealkylation sites (tertiary alicyclic amines) is 1. The lowest BCUT2D eigenvalue weighted by molar-refractivity contribution is -0.160. The first-order chi connectivity index (χ1) is 21.8. The summed E-state index contributed by atoms with van der Waals surface area (Å²) in [5, 5.41) is 13.6. The number of fused-ring (bicyclic) bond motifs is 2. The summed E-state index contributed by atoms with van der Waals surface area (Å²) in [7, 11) is 0. The molecule has 1 spiro atoms. The van der Waals surface area contributed by atoms with E-state index in [1.807, 2.05) is 86.7 Å². The van der Waals surface area contributed by atoms with Crippen LogP contribution in [-0.4, -0.2) is 82.1 Å². The Bertz CT molecular complexity index is 1490. The van der Waals surface area contributed by atoms with Crippen molar-refractivity contribution in [1.29, 1.82) is 0 Å². The van der Waals surface area contributed by atoms with Gasteiger partial charge >= 0.3 is 5.97 Å². The van der Waals surface area contributed by atoms with Gasteiger partial charge in [-0.2, -0.15) is 0 Å². The molecule has 10 nitrogen and oxygen atoms in total. The van der Waals surface area contributed by atoms with Crippen molar-refractivity contribution < 1.29 is 33.8 Å². The number of allylic oxidation sites excluding steroid dienone is 1. The number of nitrogens with one attached hydrogen (secondary N) is 1. The number of carbonyl (C=O) groups excluding carboxylic acids is 4. The molecule has 7 atom stereocenters. The maximum Gasteiger partial charge on any atom is 0.313 e. The van der Waals surface area contributed by atoms with Crippen LogP contribution in [0.25, 0.3) is 0 Å². The van der Waals surface area contributed by atoms with Gasteiger partial charge in [-0.1, -0.05) is 85.0 Å². The number of nitrogens with zero attached hydrogens (tertiary/aromatic N) is 2. The number of carbonyl (C=O) groups is 4. The van der Waals surface area contributed by atoms with Crippen LogP contribution in [0.1, 0.15) is 50.0 Å². The molecular formula is C35H39N3O7. The number of hydrogen-bond acceptors (Lipinski definition) is 7. The zero-order valence-corrected chi connectivity index (χ0v) is 25.5. The number of esters is 1. The van der Waals surface area contributed by atoms with Crippen LogP contribution in [0.2, 0.25) is 0 Å². The van der Waals surface area contributed by atoms with E-state index in [1.165, 1.54) is 4.90 Å². The molecular weight excluding hydrogens is 574 g/mol. The number of amides is 3. The molecule has 10 heteroatoms. The summed E-state index contributed by atoms with van der Waals surface area (Å²) in [4.78, 5) is 59.2. The number of aliphatic hydroxyl groups excluding tert-OH is 1. The summed E-state index contributed by atoms with van der Waals surface area (Å²) < 4.78 is 12.6. The Morgan fingerprint density at radius 1 is 0.978 bits per heavy atom. The first-order valence-electron chi connectivity index (χ1n) is 15.6. The van der Waals surface area contributed by atoms with Crippen LogP contribution >= 0.6 is 0 Å². The molecule has 0 aliphatic carbocycles. The number of hydrogen-bond donors (Lipinski definition) is 2. The van der Waals surface area contributed by atoms with Crippen molar-refractivity contribution in [2.45, 2.75) is 62.6 Å². The maximum atomic E-state index is 14.7. The quantitative estimate of drug-likeness (QED) is 0.393. The van der Waals surface area contributed by atoms with Crippen LogP contribution in [-0.2, 0) is 28.7 Å². The number of aliphatic hydroxyl groups is 1. The van der Waals surface area contributed by atoms with E-state index in [0.717, 1.165) is 0 Å². The number of benzene rings is 2. The lowest BCUT2D eigenvalue weighted by Crippen LogP contribution is -2.58. The van der Waals surface area contributed by atoms with Gasteiger partial charge in [-0.25, -0.2) is 0 Å². The molecule has 2 fully saturated rings. The molecule has 6 rings (SSSR count). The predicted molar refractivity (Wildman–Crippen MR) is 164 cm³/mol. The highest BCUT2D eigenvalue weighted by Gasteiger charge is 2.74. The zero-order valence-electron chi connectivity index (χ0n) is 25.5. The summed E-state index contributed by atoms with van der Waals surface area (Å²) in [5.74, 6) is -3.70. The Morgan fingerprint density at radius 3 is 2.38 bits per heavy atom. The Labute approximate surface area is 262 Å². The van der Waals surface area contributed by atoms with Gasteiger partial charge in [0.1, 0.15) is 23.7 Å². The second-order valence-corrected chi connectivity index (χ2v) is 12.3. The molecule has 2 N–H and O–H groups in total. The molecule has 45 heavy (non-hydrogen) atoms. The van der Waals surface area contributed by atoms with Crippen molar-refractivity contribution in [3.05, 3.63) is 96.1 Å². The van der Waals surface area contributed by atoms with Gasteiger partial charge in [0.15, 0.2) is 0 Å². The molecule has 3 amide bonds. The fraction of sp³-hybridized carbons (Fsp3) is 0.429. The highest BCUT2D eigenvalue weighted by atomic mass is 16.6. The normalized spacial score (nSPS) is 31.6. The summed E-state index contributed by atoms with van der Waals surface area (Å²) in [6, 6.07) is 16.0. The second-order valence-electron chi connectivity index (χ2n) is 12.3. The molecule has 0 unspecified atom stereocenters. The summed E-state index contributed by atoms with van der Waals surface area (Å²) in [5.41, 5.74) is -0.0627.